The van der Waals surface area contributed by atoms with Gasteiger partial charge >= 0.3 is 12.3 Å². The Kier molecular flexibility index (Phi) is 8.91. The van der Waals surface area contributed by atoms with Crippen LogP contribution >= 0.6 is 11.6 Å². The molecule has 1 saturated carbocycles. The van der Waals surface area contributed by atoms with Gasteiger partial charge in [0.15, 0.2) is 0 Å². The largest absolute Gasteiger partial charge is 0.573 e. The molecule has 3 aromatic carbocycles. The maximum atomic E-state index is 14.1. The van der Waals surface area contributed by atoms with Gasteiger partial charge < -0.3 is 29.2 Å². The van der Waals surface area contributed by atoms with E-state index in [1.807, 2.05) is 0 Å². The van der Waals surface area contributed by atoms with E-state index in [2.05, 4.69) is 10.1 Å². The number of esters is 1. The number of rotatable bonds is 10. The Morgan fingerprint density at radius 3 is 2.42 bits per heavy atom. The Labute approximate surface area is 251 Å². The van der Waals surface area contributed by atoms with Crippen LogP contribution in [-0.4, -0.2) is 44.6 Å². The Morgan fingerprint density at radius 1 is 1.02 bits per heavy atom. The molecule has 0 aromatic heterocycles. The molecule has 8 nitrogen and oxygen atoms in total. The number of benzene rings is 3. The summed E-state index contributed by atoms with van der Waals surface area (Å²) in [5.41, 5.74) is 2.18. The molecule has 1 N–H and O–H groups in total. The molecular formula is C31H30ClF3N2O6. The van der Waals surface area contributed by atoms with Crippen molar-refractivity contribution < 1.29 is 41.7 Å². The smallest absolute Gasteiger partial charge is 0.497 e. The third-order valence-electron chi connectivity index (χ3n) is 7.35. The summed E-state index contributed by atoms with van der Waals surface area (Å²) in [4.78, 5) is 27.5. The second-order valence-electron chi connectivity index (χ2n) is 10.3. The van der Waals surface area contributed by atoms with Gasteiger partial charge in [0.25, 0.3) is 5.91 Å². The molecule has 0 spiro atoms. The molecule has 1 aliphatic carbocycles. The second kappa shape index (κ2) is 12.6. The van der Waals surface area contributed by atoms with Crippen LogP contribution in [0.1, 0.15) is 36.9 Å². The van der Waals surface area contributed by atoms with Crippen molar-refractivity contribution in [3.8, 4) is 17.2 Å². The zero-order chi connectivity index (χ0) is 30.7. The summed E-state index contributed by atoms with van der Waals surface area (Å²) < 4.78 is 59.4. The average molecular weight is 619 g/mol. The molecule has 1 unspecified atom stereocenters. The molecule has 228 valence electrons. The number of carbonyl (C=O) groups excluding carboxylic acids is 2. The van der Waals surface area contributed by atoms with E-state index in [1.165, 1.54) is 30.2 Å². The Bertz CT molecular complexity index is 1480. The number of nitrogens with one attached hydrogen (secondary N) is 1. The molecule has 1 amide bonds. The van der Waals surface area contributed by atoms with E-state index in [4.69, 9.17) is 25.8 Å². The van der Waals surface area contributed by atoms with Crippen molar-refractivity contribution >= 4 is 34.9 Å². The van der Waals surface area contributed by atoms with Crippen molar-refractivity contribution in [1.29, 1.82) is 0 Å². The van der Waals surface area contributed by atoms with Crippen molar-refractivity contribution in [1.82, 2.24) is 0 Å². The van der Waals surface area contributed by atoms with Crippen LogP contribution in [0.3, 0.4) is 0 Å². The Hall–Kier alpha value is -4.12. The highest BCUT2D eigenvalue weighted by atomic mass is 35.5. The minimum atomic E-state index is -4.86. The van der Waals surface area contributed by atoms with Gasteiger partial charge in [-0.2, -0.15) is 0 Å². The van der Waals surface area contributed by atoms with E-state index in [0.29, 0.717) is 59.3 Å². The van der Waals surface area contributed by atoms with E-state index in [-0.39, 0.29) is 30.4 Å². The lowest BCUT2D eigenvalue weighted by molar-refractivity contribution is -0.274. The van der Waals surface area contributed by atoms with Crippen LogP contribution in [-0.2, 0) is 20.7 Å². The predicted octanol–water partition coefficient (Wildman–Crippen LogP) is 6.71. The number of ether oxygens (including phenoxy) is 4. The first-order valence-electron chi connectivity index (χ1n) is 13.8. The minimum Gasteiger partial charge on any atom is -0.497 e. The topological polar surface area (TPSA) is 86.3 Å². The van der Waals surface area contributed by atoms with Gasteiger partial charge in [-0.05, 0) is 55.5 Å². The highest BCUT2D eigenvalue weighted by Gasteiger charge is 2.38. The summed E-state index contributed by atoms with van der Waals surface area (Å²) in [6.07, 6.45) is -3.51. The number of hydrogen-bond acceptors (Lipinski definition) is 7. The number of fused-ring (bicyclic) bond motifs is 1. The number of anilines is 2. The Morgan fingerprint density at radius 2 is 1.74 bits per heavy atom. The number of hydrogen-bond donors (Lipinski definition) is 1. The summed E-state index contributed by atoms with van der Waals surface area (Å²) in [6.45, 7) is 2.37. The van der Waals surface area contributed by atoms with Gasteiger partial charge in [0.1, 0.15) is 29.4 Å². The maximum Gasteiger partial charge on any atom is 0.573 e. The quantitative estimate of drug-likeness (QED) is 0.253. The second-order valence-corrected chi connectivity index (χ2v) is 10.7. The molecule has 1 atom stereocenters. The molecule has 1 heterocycles. The third-order valence-corrected chi connectivity index (χ3v) is 7.60. The summed E-state index contributed by atoms with van der Waals surface area (Å²) in [7, 11) is 1.51. The first-order chi connectivity index (χ1) is 20.5. The lowest BCUT2D eigenvalue weighted by atomic mass is 9.82. The molecule has 5 rings (SSSR count). The summed E-state index contributed by atoms with van der Waals surface area (Å²) in [5.74, 6) is -0.267. The normalized spacial score (nSPS) is 18.2. The lowest BCUT2D eigenvalue weighted by Gasteiger charge is -2.33. The zero-order valence-corrected chi connectivity index (χ0v) is 24.2. The fourth-order valence-electron chi connectivity index (χ4n) is 5.20. The molecule has 0 saturated heterocycles. The van der Waals surface area contributed by atoms with Crippen LogP contribution in [0.2, 0.25) is 5.02 Å². The van der Waals surface area contributed by atoms with Gasteiger partial charge in [-0.15, -0.1) is 13.2 Å². The van der Waals surface area contributed by atoms with Crippen molar-refractivity contribution in [2.45, 2.75) is 44.7 Å². The van der Waals surface area contributed by atoms with Crippen LogP contribution in [0.4, 0.5) is 24.5 Å². The first-order valence-corrected chi connectivity index (χ1v) is 14.1. The third kappa shape index (κ3) is 7.27. The van der Waals surface area contributed by atoms with Crippen molar-refractivity contribution in [2.24, 2.45) is 5.92 Å². The highest BCUT2D eigenvalue weighted by molar-refractivity contribution is 6.30. The van der Waals surface area contributed by atoms with Crippen molar-refractivity contribution in [2.75, 3.05) is 30.5 Å². The van der Waals surface area contributed by atoms with E-state index < -0.39 is 18.2 Å². The molecule has 2 aliphatic rings. The fraction of sp³-hybridized carbons (Fsp3) is 0.355. The predicted molar refractivity (Wildman–Crippen MR) is 154 cm³/mol. The SMILES string of the molecule is CCOC(=O)[C@H]1C[C@@H](Oc2cc(NC(C(=O)N3CCc4ccc(OC(F)(F)F)cc43)c3ccc(Cl)cc3)cc(OC)c2)C1. The van der Waals surface area contributed by atoms with Crippen LogP contribution in [0.25, 0.3) is 0 Å². The molecule has 12 heteroatoms. The van der Waals surface area contributed by atoms with Gasteiger partial charge in [-0.3, -0.25) is 9.59 Å². The van der Waals surface area contributed by atoms with Gasteiger partial charge in [-0.1, -0.05) is 29.8 Å². The Balaban J connectivity index is 1.40. The number of carbonyl (C=O) groups is 2. The van der Waals surface area contributed by atoms with Gasteiger partial charge in [0.2, 0.25) is 0 Å². The number of halogens is 4. The number of amides is 1. The van der Waals surface area contributed by atoms with E-state index >= 15 is 0 Å². The number of nitrogens with zero attached hydrogens (tertiary/aromatic N) is 1. The van der Waals surface area contributed by atoms with E-state index in [0.717, 1.165) is 5.56 Å². The molecule has 43 heavy (non-hydrogen) atoms. The summed E-state index contributed by atoms with van der Waals surface area (Å²) in [5, 5.41) is 3.74. The molecule has 0 radical (unpaired) electrons. The van der Waals surface area contributed by atoms with Crippen LogP contribution < -0.4 is 24.4 Å². The highest BCUT2D eigenvalue weighted by Crippen LogP contribution is 2.38. The molecular weight excluding hydrogens is 589 g/mol. The molecule has 1 aliphatic heterocycles. The average Bonchev–Trinajstić information content (AvgIpc) is 3.36. The lowest BCUT2D eigenvalue weighted by Crippen LogP contribution is -2.39. The molecule has 0 bridgehead atoms. The van der Waals surface area contributed by atoms with Crippen molar-refractivity contribution in [3.05, 3.63) is 76.8 Å². The molecule has 1 fully saturated rings. The minimum absolute atomic E-state index is 0.183. The van der Waals surface area contributed by atoms with Crippen LogP contribution in [0, 0.1) is 5.92 Å². The zero-order valence-electron chi connectivity index (χ0n) is 23.4. The van der Waals surface area contributed by atoms with Gasteiger partial charge in [0, 0.05) is 41.5 Å². The summed E-state index contributed by atoms with van der Waals surface area (Å²) >= 11 is 6.11. The van der Waals surface area contributed by atoms with E-state index in [9.17, 15) is 22.8 Å². The van der Waals surface area contributed by atoms with Crippen molar-refractivity contribution in [3.63, 3.8) is 0 Å². The van der Waals surface area contributed by atoms with Gasteiger partial charge in [0.05, 0.1) is 25.3 Å². The van der Waals surface area contributed by atoms with Gasteiger partial charge in [-0.25, -0.2) is 0 Å². The maximum absolute atomic E-state index is 14.1. The number of alkyl halides is 3. The number of methoxy groups -OCH3 is 1. The van der Waals surface area contributed by atoms with E-state index in [1.54, 1.807) is 49.4 Å². The standard InChI is InChI=1S/C31H30ClF3N2O6/c1-3-41-30(39)20-12-25(13-20)42-26-15-22(14-24(16-26)40-2)36-28(19-4-7-21(32)8-5-19)29(38)37-11-10-18-6-9-23(17-27(18)37)43-31(33,34)35/h4-9,14-17,20,25,28,36H,3,10-13H2,1-2H3/t20-,25+,28?. The monoisotopic (exact) mass is 618 g/mol. The fourth-order valence-corrected chi connectivity index (χ4v) is 5.32. The van der Waals surface area contributed by atoms with Crippen LogP contribution in [0.15, 0.2) is 60.7 Å². The summed E-state index contributed by atoms with van der Waals surface area (Å²) in [6, 6.07) is 14.9. The first kappa shape index (κ1) is 30.3. The van der Waals surface area contributed by atoms with Crippen LogP contribution in [0.5, 0.6) is 17.2 Å². The molecule has 3 aromatic rings.